The molecule has 0 saturated heterocycles. The summed E-state index contributed by atoms with van der Waals surface area (Å²) < 4.78 is 1.84. The van der Waals surface area contributed by atoms with Crippen LogP contribution in [-0.4, -0.2) is 42.2 Å². The van der Waals surface area contributed by atoms with Crippen LogP contribution in [0.5, 0.6) is 0 Å². The Morgan fingerprint density at radius 1 is 1.21 bits per heavy atom. The van der Waals surface area contributed by atoms with E-state index < -0.39 is 12.0 Å². The molecule has 0 fully saturated rings. The molecule has 3 aromatic rings. The Kier molecular flexibility index (Phi) is 5.22. The summed E-state index contributed by atoms with van der Waals surface area (Å²) in [6, 6.07) is 4.90. The third-order valence-corrected chi connectivity index (χ3v) is 4.17. The van der Waals surface area contributed by atoms with Gasteiger partial charge in [-0.25, -0.2) is 14.8 Å². The highest BCUT2D eigenvalue weighted by atomic mass is 16.4. The van der Waals surface area contributed by atoms with E-state index in [9.17, 15) is 9.90 Å². The quantitative estimate of drug-likeness (QED) is 0.599. The van der Waals surface area contributed by atoms with Crippen molar-refractivity contribution in [2.45, 2.75) is 46.2 Å². The maximum atomic E-state index is 11.5. The maximum absolute atomic E-state index is 11.5. The third-order valence-electron chi connectivity index (χ3n) is 4.17. The van der Waals surface area contributed by atoms with Crippen LogP contribution in [-0.2, 0) is 4.79 Å². The Labute approximate surface area is 164 Å². The molecule has 2 aromatic heterocycles. The lowest BCUT2D eigenvalue weighted by molar-refractivity contribution is -0.138. The van der Waals surface area contributed by atoms with E-state index >= 15 is 0 Å². The summed E-state index contributed by atoms with van der Waals surface area (Å²) in [7, 11) is 0. The van der Waals surface area contributed by atoms with Crippen molar-refractivity contribution in [3.63, 3.8) is 0 Å². The number of carboxylic acids is 1. The number of imidazole rings is 1. The van der Waals surface area contributed by atoms with Gasteiger partial charge in [0.15, 0.2) is 5.82 Å². The average Bonchev–Trinajstić information content (AvgIpc) is 3.01. The van der Waals surface area contributed by atoms with Crippen LogP contribution < -0.4 is 10.6 Å². The summed E-state index contributed by atoms with van der Waals surface area (Å²) in [6.07, 6.45) is 5.04. The van der Waals surface area contributed by atoms with E-state index in [4.69, 9.17) is 0 Å². The molecule has 0 aliphatic heterocycles. The minimum Gasteiger partial charge on any atom is -0.480 e. The highest BCUT2D eigenvalue weighted by molar-refractivity contribution is 5.83. The highest BCUT2D eigenvalue weighted by Crippen LogP contribution is 2.23. The standard InChI is InChI=1S/C20H26N6O2/c1-12(2)18(19(27)28)23-13-6-7-14-15(8-13)26(11-22-14)17-10-21-9-16(24-17)25-20(3,4)5/h6-12,18,23H,1-5H3,(H,24,25)(H,27,28)/t18-/m0/s1. The number of carbonyl (C=O) groups is 1. The first kappa shape index (κ1) is 19.6. The van der Waals surface area contributed by atoms with E-state index in [-0.39, 0.29) is 11.5 Å². The van der Waals surface area contributed by atoms with Gasteiger partial charge in [0.25, 0.3) is 0 Å². The molecule has 1 aromatic carbocycles. The zero-order chi connectivity index (χ0) is 20.5. The van der Waals surface area contributed by atoms with Crippen molar-refractivity contribution in [2.24, 2.45) is 5.92 Å². The fraction of sp³-hybridized carbons (Fsp3) is 0.400. The molecule has 8 nitrogen and oxygen atoms in total. The molecular formula is C20H26N6O2. The number of hydrogen-bond donors (Lipinski definition) is 3. The Morgan fingerprint density at radius 2 is 1.96 bits per heavy atom. The van der Waals surface area contributed by atoms with Crippen LogP contribution >= 0.6 is 0 Å². The Bertz CT molecular complexity index is 990. The number of benzene rings is 1. The van der Waals surface area contributed by atoms with Crippen molar-refractivity contribution in [3.8, 4) is 5.82 Å². The largest absolute Gasteiger partial charge is 0.480 e. The summed E-state index contributed by atoms with van der Waals surface area (Å²) >= 11 is 0. The molecule has 0 aliphatic carbocycles. The average molecular weight is 382 g/mol. The van der Waals surface area contributed by atoms with Gasteiger partial charge >= 0.3 is 5.97 Å². The number of rotatable bonds is 6. The number of nitrogens with zero attached hydrogens (tertiary/aromatic N) is 4. The summed E-state index contributed by atoms with van der Waals surface area (Å²) in [5.74, 6) is 0.374. The molecule has 148 valence electrons. The van der Waals surface area contributed by atoms with Crippen LogP contribution in [0.25, 0.3) is 16.9 Å². The van der Waals surface area contributed by atoms with Gasteiger partial charge < -0.3 is 15.7 Å². The normalized spacial score (nSPS) is 12.9. The van der Waals surface area contributed by atoms with Crippen molar-refractivity contribution < 1.29 is 9.90 Å². The van der Waals surface area contributed by atoms with Crippen molar-refractivity contribution in [2.75, 3.05) is 10.6 Å². The fourth-order valence-electron chi connectivity index (χ4n) is 2.89. The van der Waals surface area contributed by atoms with Crippen molar-refractivity contribution in [3.05, 3.63) is 36.9 Å². The lowest BCUT2D eigenvalue weighted by Crippen LogP contribution is -2.34. The number of carboxylic acid groups (broad SMARTS) is 1. The van der Waals surface area contributed by atoms with E-state index in [2.05, 4.69) is 46.4 Å². The molecule has 1 atom stereocenters. The molecule has 3 rings (SSSR count). The zero-order valence-electron chi connectivity index (χ0n) is 16.8. The van der Waals surface area contributed by atoms with E-state index in [0.29, 0.717) is 17.3 Å². The van der Waals surface area contributed by atoms with Crippen molar-refractivity contribution in [1.82, 2.24) is 19.5 Å². The molecule has 0 unspecified atom stereocenters. The topological polar surface area (TPSA) is 105 Å². The second-order valence-electron chi connectivity index (χ2n) is 8.16. The summed E-state index contributed by atoms with van der Waals surface area (Å²) in [4.78, 5) is 24.8. The first-order valence-electron chi connectivity index (χ1n) is 9.21. The van der Waals surface area contributed by atoms with Crippen LogP contribution in [0.3, 0.4) is 0 Å². The number of aliphatic carboxylic acids is 1. The number of aromatic nitrogens is 4. The summed E-state index contributed by atoms with van der Waals surface area (Å²) in [5.41, 5.74) is 2.19. The molecular weight excluding hydrogens is 356 g/mol. The first-order chi connectivity index (χ1) is 13.1. The van der Waals surface area contributed by atoms with Gasteiger partial charge in [0.1, 0.15) is 18.2 Å². The number of hydrogen-bond acceptors (Lipinski definition) is 6. The predicted octanol–water partition coefficient (Wildman–Crippen LogP) is 3.55. The molecule has 0 bridgehead atoms. The van der Waals surface area contributed by atoms with Crippen LogP contribution in [0, 0.1) is 5.92 Å². The first-order valence-corrected chi connectivity index (χ1v) is 9.21. The molecule has 0 amide bonds. The predicted molar refractivity (Wildman–Crippen MR) is 110 cm³/mol. The van der Waals surface area contributed by atoms with E-state index in [1.165, 1.54) is 0 Å². The van der Waals surface area contributed by atoms with Crippen molar-refractivity contribution in [1.29, 1.82) is 0 Å². The number of fused-ring (bicyclic) bond motifs is 1. The van der Waals surface area contributed by atoms with Gasteiger partial charge in [-0.3, -0.25) is 9.55 Å². The molecule has 0 saturated carbocycles. The molecule has 0 spiro atoms. The fourth-order valence-corrected chi connectivity index (χ4v) is 2.89. The lowest BCUT2D eigenvalue weighted by atomic mass is 10.0. The van der Waals surface area contributed by atoms with E-state index in [0.717, 1.165) is 11.0 Å². The molecule has 2 heterocycles. The van der Waals surface area contributed by atoms with Crippen LogP contribution in [0.15, 0.2) is 36.9 Å². The number of nitrogens with one attached hydrogen (secondary N) is 2. The zero-order valence-corrected chi connectivity index (χ0v) is 16.8. The third kappa shape index (κ3) is 4.39. The van der Waals surface area contributed by atoms with Gasteiger partial charge in [0.2, 0.25) is 0 Å². The van der Waals surface area contributed by atoms with Gasteiger partial charge in [-0.1, -0.05) is 13.8 Å². The van der Waals surface area contributed by atoms with Crippen LogP contribution in [0.1, 0.15) is 34.6 Å². The van der Waals surface area contributed by atoms with Gasteiger partial charge in [-0.2, -0.15) is 0 Å². The minimum absolute atomic E-state index is 0.0517. The smallest absolute Gasteiger partial charge is 0.326 e. The van der Waals surface area contributed by atoms with E-state index in [1.807, 2.05) is 36.6 Å². The molecule has 8 heteroatoms. The summed E-state index contributed by atoms with van der Waals surface area (Å²) in [5, 5.41) is 15.8. The summed E-state index contributed by atoms with van der Waals surface area (Å²) in [6.45, 7) is 9.91. The van der Waals surface area contributed by atoms with Gasteiger partial charge in [-0.05, 0) is 44.9 Å². The van der Waals surface area contributed by atoms with Crippen molar-refractivity contribution >= 4 is 28.5 Å². The second kappa shape index (κ2) is 7.46. The molecule has 0 aliphatic rings. The lowest BCUT2D eigenvalue weighted by Gasteiger charge is -2.21. The van der Waals surface area contributed by atoms with E-state index in [1.54, 1.807) is 18.7 Å². The second-order valence-corrected chi connectivity index (χ2v) is 8.16. The Hall–Kier alpha value is -3.16. The molecule has 0 radical (unpaired) electrons. The Balaban J connectivity index is 1.97. The Morgan fingerprint density at radius 3 is 2.61 bits per heavy atom. The van der Waals surface area contributed by atoms with Gasteiger partial charge in [0.05, 0.1) is 23.4 Å². The molecule has 28 heavy (non-hydrogen) atoms. The van der Waals surface area contributed by atoms with Gasteiger partial charge in [0, 0.05) is 11.2 Å². The SMILES string of the molecule is CC(C)[C@H](Nc1ccc2ncn(-c3cncc(NC(C)(C)C)n3)c2c1)C(=O)O. The monoisotopic (exact) mass is 382 g/mol. The van der Waals surface area contributed by atoms with Crippen LogP contribution in [0.2, 0.25) is 0 Å². The van der Waals surface area contributed by atoms with Gasteiger partial charge in [-0.15, -0.1) is 0 Å². The highest BCUT2D eigenvalue weighted by Gasteiger charge is 2.21. The maximum Gasteiger partial charge on any atom is 0.326 e. The number of anilines is 2. The minimum atomic E-state index is -0.879. The molecule has 3 N–H and O–H groups in total. The van der Waals surface area contributed by atoms with Crippen LogP contribution in [0.4, 0.5) is 11.5 Å².